The maximum atomic E-state index is 10.1. The molecule has 0 aliphatic carbocycles. The van der Waals surface area contributed by atoms with Crippen LogP contribution in [0.15, 0.2) is 36.4 Å². The zero-order valence-electron chi connectivity index (χ0n) is 11.5. The van der Waals surface area contributed by atoms with Gasteiger partial charge in [-0.05, 0) is 29.3 Å². The Hall–Kier alpha value is -2.24. The van der Waals surface area contributed by atoms with E-state index >= 15 is 0 Å². The fourth-order valence-electron chi connectivity index (χ4n) is 2.80. The molecule has 2 aromatic carbocycles. The van der Waals surface area contributed by atoms with Gasteiger partial charge < -0.3 is 26.4 Å². The van der Waals surface area contributed by atoms with E-state index in [1.54, 1.807) is 6.07 Å². The highest BCUT2D eigenvalue weighted by Crippen LogP contribution is 2.43. The number of nitrogen functional groups attached to an aromatic ring is 1. The summed E-state index contributed by atoms with van der Waals surface area (Å²) in [5.74, 6) is -0.221. The van der Waals surface area contributed by atoms with Crippen LogP contribution >= 0.6 is 0 Å². The maximum Gasteiger partial charge on any atom is 0.161 e. The first-order valence-electron chi connectivity index (χ1n) is 6.84. The lowest BCUT2D eigenvalue weighted by atomic mass is 9.90. The molecule has 0 spiro atoms. The minimum absolute atomic E-state index is 0.0943. The van der Waals surface area contributed by atoms with E-state index in [0.717, 1.165) is 11.1 Å². The molecule has 0 aromatic heterocycles. The lowest BCUT2D eigenvalue weighted by molar-refractivity contribution is -0.0230. The number of rotatable bonds is 2. The largest absolute Gasteiger partial charge is 0.504 e. The zero-order valence-corrected chi connectivity index (χ0v) is 11.5. The van der Waals surface area contributed by atoms with Crippen LogP contribution in [0.25, 0.3) is 0 Å². The molecule has 2 atom stereocenters. The summed E-state index contributed by atoms with van der Waals surface area (Å²) in [6.07, 6.45) is -0.0934. The molecule has 5 heteroatoms. The summed E-state index contributed by atoms with van der Waals surface area (Å²) in [6, 6.07) is 10.7. The van der Waals surface area contributed by atoms with Gasteiger partial charge in [-0.15, -0.1) is 0 Å². The quantitative estimate of drug-likeness (QED) is 0.499. The van der Waals surface area contributed by atoms with Gasteiger partial charge in [0.2, 0.25) is 0 Å². The summed E-state index contributed by atoms with van der Waals surface area (Å²) in [7, 11) is 0. The molecule has 5 nitrogen and oxygen atoms in total. The van der Waals surface area contributed by atoms with Crippen LogP contribution in [0.5, 0.6) is 11.5 Å². The SMILES string of the molecule is NCC1OC(c2cccc(N)c2)Cc2c1ccc(O)c2O. The third kappa shape index (κ3) is 2.41. The van der Waals surface area contributed by atoms with Gasteiger partial charge in [-0.3, -0.25) is 0 Å². The van der Waals surface area contributed by atoms with Crippen LogP contribution in [0.4, 0.5) is 5.69 Å². The van der Waals surface area contributed by atoms with Gasteiger partial charge in [-0.2, -0.15) is 0 Å². The lowest BCUT2D eigenvalue weighted by Crippen LogP contribution is -2.25. The number of benzene rings is 2. The molecule has 2 unspecified atom stereocenters. The van der Waals surface area contributed by atoms with Crippen LogP contribution in [0.3, 0.4) is 0 Å². The first-order valence-corrected chi connectivity index (χ1v) is 6.84. The van der Waals surface area contributed by atoms with Gasteiger partial charge in [0.15, 0.2) is 11.5 Å². The summed E-state index contributed by atoms with van der Waals surface area (Å²) in [5.41, 5.74) is 14.7. The Morgan fingerprint density at radius 2 is 2.00 bits per heavy atom. The van der Waals surface area contributed by atoms with Gasteiger partial charge in [0, 0.05) is 24.2 Å². The molecule has 1 heterocycles. The van der Waals surface area contributed by atoms with Crippen LogP contribution in [-0.2, 0) is 11.2 Å². The topological polar surface area (TPSA) is 102 Å². The normalized spacial score (nSPS) is 21.0. The minimum Gasteiger partial charge on any atom is -0.504 e. The average molecular weight is 286 g/mol. The van der Waals surface area contributed by atoms with E-state index in [-0.39, 0.29) is 23.7 Å². The molecule has 0 saturated carbocycles. The van der Waals surface area contributed by atoms with Gasteiger partial charge in [0.1, 0.15) is 0 Å². The van der Waals surface area contributed by atoms with Gasteiger partial charge in [-0.25, -0.2) is 0 Å². The number of fused-ring (bicyclic) bond motifs is 1. The molecule has 0 amide bonds. The van der Waals surface area contributed by atoms with Crippen LogP contribution in [-0.4, -0.2) is 16.8 Å². The highest BCUT2D eigenvalue weighted by Gasteiger charge is 2.30. The van der Waals surface area contributed by atoms with Crippen molar-refractivity contribution in [3.8, 4) is 11.5 Å². The molecule has 0 radical (unpaired) electrons. The lowest BCUT2D eigenvalue weighted by Gasteiger charge is -2.32. The number of phenols is 2. The minimum atomic E-state index is -0.313. The zero-order chi connectivity index (χ0) is 15.0. The van der Waals surface area contributed by atoms with Gasteiger partial charge in [-0.1, -0.05) is 18.2 Å². The second-order valence-electron chi connectivity index (χ2n) is 5.22. The van der Waals surface area contributed by atoms with Crippen LogP contribution in [0.2, 0.25) is 0 Å². The maximum absolute atomic E-state index is 10.1. The predicted molar refractivity (Wildman–Crippen MR) is 80.0 cm³/mol. The summed E-state index contributed by atoms with van der Waals surface area (Å²) in [4.78, 5) is 0. The monoisotopic (exact) mass is 286 g/mol. The molecular formula is C16H18N2O3. The number of ether oxygens (including phenoxy) is 1. The third-order valence-corrected chi connectivity index (χ3v) is 3.86. The standard InChI is InChI=1S/C16H18N2O3/c17-8-15-11-4-5-13(19)16(20)12(11)7-14(21-15)9-2-1-3-10(18)6-9/h1-6,14-15,19-20H,7-8,17-18H2. The Kier molecular flexibility index (Phi) is 3.45. The van der Waals surface area contributed by atoms with E-state index < -0.39 is 0 Å². The molecule has 110 valence electrons. The molecule has 0 bridgehead atoms. The van der Waals surface area contributed by atoms with E-state index in [1.807, 2.05) is 24.3 Å². The Labute approximate surface area is 122 Å². The third-order valence-electron chi connectivity index (χ3n) is 3.86. The number of hydrogen-bond donors (Lipinski definition) is 4. The van der Waals surface area contributed by atoms with Crippen molar-refractivity contribution >= 4 is 5.69 Å². The van der Waals surface area contributed by atoms with Crippen molar-refractivity contribution in [2.75, 3.05) is 12.3 Å². The molecule has 1 aliphatic rings. The Morgan fingerprint density at radius 1 is 1.19 bits per heavy atom. The number of phenolic OH excluding ortho intramolecular Hbond substituents is 2. The second-order valence-corrected chi connectivity index (χ2v) is 5.22. The number of nitrogens with two attached hydrogens (primary N) is 2. The smallest absolute Gasteiger partial charge is 0.161 e. The summed E-state index contributed by atoms with van der Waals surface area (Å²) in [5, 5.41) is 19.8. The van der Waals surface area contributed by atoms with Gasteiger partial charge >= 0.3 is 0 Å². The fourth-order valence-corrected chi connectivity index (χ4v) is 2.80. The van der Waals surface area contributed by atoms with Crippen LogP contribution in [0, 0.1) is 0 Å². The van der Waals surface area contributed by atoms with Crippen molar-refractivity contribution < 1.29 is 14.9 Å². The van der Waals surface area contributed by atoms with Crippen LogP contribution < -0.4 is 11.5 Å². The highest BCUT2D eigenvalue weighted by atomic mass is 16.5. The number of anilines is 1. The summed E-state index contributed by atoms with van der Waals surface area (Å²) < 4.78 is 6.02. The van der Waals surface area contributed by atoms with Crippen LogP contribution in [0.1, 0.15) is 28.9 Å². The number of aromatic hydroxyl groups is 2. The van der Waals surface area contributed by atoms with E-state index in [1.165, 1.54) is 6.07 Å². The molecule has 1 aliphatic heterocycles. The number of hydrogen-bond acceptors (Lipinski definition) is 5. The highest BCUT2D eigenvalue weighted by molar-refractivity contribution is 5.52. The predicted octanol–water partition coefficient (Wildman–Crippen LogP) is 1.99. The molecule has 0 saturated heterocycles. The first kappa shape index (κ1) is 13.7. The Morgan fingerprint density at radius 3 is 2.71 bits per heavy atom. The van der Waals surface area contributed by atoms with Crippen molar-refractivity contribution in [2.45, 2.75) is 18.6 Å². The van der Waals surface area contributed by atoms with Crippen molar-refractivity contribution in [1.29, 1.82) is 0 Å². The molecule has 0 fully saturated rings. The van der Waals surface area contributed by atoms with E-state index in [0.29, 0.717) is 24.2 Å². The second kappa shape index (κ2) is 5.27. The van der Waals surface area contributed by atoms with E-state index in [2.05, 4.69) is 0 Å². The Balaban J connectivity index is 2.03. The molecule has 21 heavy (non-hydrogen) atoms. The molecule has 3 rings (SSSR count). The fraction of sp³-hybridized carbons (Fsp3) is 0.250. The van der Waals surface area contributed by atoms with Gasteiger partial charge in [0.25, 0.3) is 0 Å². The first-order chi connectivity index (χ1) is 10.1. The average Bonchev–Trinajstić information content (AvgIpc) is 2.50. The molecule has 6 N–H and O–H groups in total. The molecular weight excluding hydrogens is 268 g/mol. The van der Waals surface area contributed by atoms with Gasteiger partial charge in [0.05, 0.1) is 12.2 Å². The van der Waals surface area contributed by atoms with Crippen molar-refractivity contribution in [3.05, 3.63) is 53.1 Å². The summed E-state index contributed by atoms with van der Waals surface area (Å²) >= 11 is 0. The van der Waals surface area contributed by atoms with E-state index in [4.69, 9.17) is 16.2 Å². The molecule has 2 aromatic rings. The van der Waals surface area contributed by atoms with Crippen molar-refractivity contribution in [3.63, 3.8) is 0 Å². The Bertz CT molecular complexity index is 673. The van der Waals surface area contributed by atoms with Crippen molar-refractivity contribution in [2.24, 2.45) is 5.73 Å². The van der Waals surface area contributed by atoms with Crippen molar-refractivity contribution in [1.82, 2.24) is 0 Å². The summed E-state index contributed by atoms with van der Waals surface area (Å²) in [6.45, 7) is 0.302. The van der Waals surface area contributed by atoms with E-state index in [9.17, 15) is 10.2 Å².